The van der Waals surface area contributed by atoms with Gasteiger partial charge < -0.3 is 15.2 Å². The fraction of sp³-hybridized carbons (Fsp3) is 0.529. The molecule has 22 heavy (non-hydrogen) atoms. The van der Waals surface area contributed by atoms with Crippen LogP contribution in [0.5, 0.6) is 0 Å². The molecule has 0 spiro atoms. The van der Waals surface area contributed by atoms with Crippen LogP contribution in [-0.4, -0.2) is 35.1 Å². The lowest BCUT2D eigenvalue weighted by molar-refractivity contribution is 0.0459. The van der Waals surface area contributed by atoms with Gasteiger partial charge >= 0.3 is 0 Å². The van der Waals surface area contributed by atoms with E-state index < -0.39 is 0 Å². The Morgan fingerprint density at radius 2 is 2.27 bits per heavy atom. The summed E-state index contributed by atoms with van der Waals surface area (Å²) in [7, 11) is 0. The zero-order valence-corrected chi connectivity index (χ0v) is 13.0. The molecule has 0 bridgehead atoms. The second-order valence-corrected chi connectivity index (χ2v) is 6.15. The van der Waals surface area contributed by atoms with Crippen molar-refractivity contribution in [2.45, 2.75) is 38.6 Å². The Hall–Kier alpha value is -1.88. The number of hydrogen-bond donors (Lipinski definition) is 1. The van der Waals surface area contributed by atoms with Crippen LogP contribution in [0.3, 0.4) is 0 Å². The van der Waals surface area contributed by atoms with Crippen molar-refractivity contribution < 1.29 is 9.32 Å². The molecule has 0 saturated carbocycles. The van der Waals surface area contributed by atoms with E-state index >= 15 is 0 Å². The number of aromatic nitrogens is 1. The van der Waals surface area contributed by atoms with Gasteiger partial charge in [0.15, 0.2) is 0 Å². The van der Waals surface area contributed by atoms with Gasteiger partial charge in [-0.3, -0.25) is 4.79 Å². The lowest BCUT2D eigenvalue weighted by Crippen LogP contribution is -2.47. The average molecular weight is 301 g/mol. The van der Waals surface area contributed by atoms with Crippen LogP contribution in [0.1, 0.15) is 43.2 Å². The minimum atomic E-state index is -0.0396. The van der Waals surface area contributed by atoms with E-state index in [1.54, 1.807) is 0 Å². The molecule has 2 heterocycles. The summed E-state index contributed by atoms with van der Waals surface area (Å²) in [6.07, 6.45) is 4.10. The number of hydrogen-bond acceptors (Lipinski definition) is 4. The summed E-state index contributed by atoms with van der Waals surface area (Å²) >= 11 is 0. The fourth-order valence-electron chi connectivity index (χ4n) is 3.44. The van der Waals surface area contributed by atoms with Crippen molar-refractivity contribution in [1.82, 2.24) is 10.1 Å². The third-order valence-electron chi connectivity index (χ3n) is 4.66. The quantitative estimate of drug-likeness (QED) is 0.942. The summed E-state index contributed by atoms with van der Waals surface area (Å²) in [6.45, 7) is 3.67. The van der Waals surface area contributed by atoms with E-state index in [0.717, 1.165) is 43.1 Å². The summed E-state index contributed by atoms with van der Waals surface area (Å²) in [5, 5.41) is 4.79. The van der Waals surface area contributed by atoms with Crippen LogP contribution in [0.4, 0.5) is 0 Å². The van der Waals surface area contributed by atoms with E-state index in [0.29, 0.717) is 18.2 Å². The van der Waals surface area contributed by atoms with Crippen LogP contribution >= 0.6 is 0 Å². The zero-order chi connectivity index (χ0) is 15.5. The third-order valence-corrected chi connectivity index (χ3v) is 4.66. The maximum absolute atomic E-state index is 13.0. The number of carbonyl (C=O) groups is 1. The molecule has 1 fully saturated rings. The first kappa shape index (κ1) is 15.0. The minimum Gasteiger partial charge on any atom is -0.350 e. The number of rotatable bonds is 4. The zero-order valence-electron chi connectivity index (χ0n) is 13.0. The van der Waals surface area contributed by atoms with E-state index in [1.807, 2.05) is 29.2 Å². The predicted molar refractivity (Wildman–Crippen MR) is 85.5 cm³/mol. The van der Waals surface area contributed by atoms with Gasteiger partial charge in [0.05, 0.1) is 5.39 Å². The first-order valence-corrected chi connectivity index (χ1v) is 8.08. The largest absolute Gasteiger partial charge is 0.350 e. The summed E-state index contributed by atoms with van der Waals surface area (Å²) in [5.74, 6) is 0.822. The Morgan fingerprint density at radius 3 is 3.09 bits per heavy atom. The Balaban J connectivity index is 1.88. The number of piperidine rings is 1. The van der Waals surface area contributed by atoms with E-state index in [1.165, 1.54) is 0 Å². The number of nitrogens with two attached hydrogens (primary N) is 1. The van der Waals surface area contributed by atoms with E-state index in [-0.39, 0.29) is 11.9 Å². The first-order chi connectivity index (χ1) is 10.7. The van der Waals surface area contributed by atoms with Crippen LogP contribution < -0.4 is 5.73 Å². The van der Waals surface area contributed by atoms with Gasteiger partial charge in [0, 0.05) is 12.6 Å². The van der Waals surface area contributed by atoms with Gasteiger partial charge in [-0.15, -0.1) is 0 Å². The summed E-state index contributed by atoms with van der Waals surface area (Å²) in [6, 6.07) is 7.79. The Labute approximate surface area is 130 Å². The monoisotopic (exact) mass is 301 g/mol. The van der Waals surface area contributed by atoms with Gasteiger partial charge in [0.1, 0.15) is 5.52 Å². The van der Waals surface area contributed by atoms with E-state index in [2.05, 4.69) is 12.1 Å². The second-order valence-electron chi connectivity index (χ2n) is 6.15. The van der Waals surface area contributed by atoms with E-state index in [9.17, 15) is 4.79 Å². The highest BCUT2D eigenvalue weighted by molar-refractivity contribution is 6.03. The molecule has 1 amide bonds. The van der Waals surface area contributed by atoms with E-state index in [4.69, 9.17) is 10.3 Å². The molecule has 1 aromatic heterocycles. The van der Waals surface area contributed by atoms with Gasteiger partial charge in [0.25, 0.3) is 5.91 Å². The number of nitrogens with zero attached hydrogens (tertiary/aromatic N) is 2. The van der Waals surface area contributed by atoms with Crippen molar-refractivity contribution in [3.05, 3.63) is 30.0 Å². The van der Waals surface area contributed by atoms with Crippen LogP contribution in [0, 0.1) is 5.92 Å². The molecule has 1 aromatic carbocycles. The van der Waals surface area contributed by atoms with Crippen LogP contribution in [0.2, 0.25) is 0 Å². The SMILES string of the molecule is C[C@@H]1CCCN(C(=O)c2onc3ccccc23)[C@@H]1CCCN. The molecule has 2 atom stereocenters. The maximum Gasteiger partial charge on any atom is 0.293 e. The van der Waals surface area contributed by atoms with Crippen molar-refractivity contribution in [2.75, 3.05) is 13.1 Å². The third kappa shape index (κ3) is 2.73. The predicted octanol–water partition coefficient (Wildman–Crippen LogP) is 2.81. The number of carbonyl (C=O) groups excluding carboxylic acids is 1. The van der Waals surface area contributed by atoms with Gasteiger partial charge in [-0.2, -0.15) is 0 Å². The Morgan fingerprint density at radius 1 is 1.45 bits per heavy atom. The smallest absolute Gasteiger partial charge is 0.293 e. The number of benzene rings is 1. The van der Waals surface area contributed by atoms with Crippen LogP contribution in [0.15, 0.2) is 28.8 Å². The lowest BCUT2D eigenvalue weighted by atomic mass is 9.87. The Bertz CT molecular complexity index is 652. The van der Waals surface area contributed by atoms with Crippen molar-refractivity contribution in [1.29, 1.82) is 0 Å². The molecule has 3 rings (SSSR count). The fourth-order valence-corrected chi connectivity index (χ4v) is 3.44. The molecule has 2 aromatic rings. The second kappa shape index (κ2) is 6.48. The molecule has 0 unspecified atom stereocenters. The van der Waals surface area contributed by atoms with Gasteiger partial charge in [-0.05, 0) is 50.3 Å². The highest BCUT2D eigenvalue weighted by Gasteiger charge is 2.34. The van der Waals surface area contributed by atoms with Gasteiger partial charge in [-0.1, -0.05) is 24.2 Å². The minimum absolute atomic E-state index is 0.0396. The number of amides is 1. The summed E-state index contributed by atoms with van der Waals surface area (Å²) < 4.78 is 5.35. The van der Waals surface area contributed by atoms with Gasteiger partial charge in [0.2, 0.25) is 5.76 Å². The topological polar surface area (TPSA) is 72.4 Å². The van der Waals surface area contributed by atoms with Crippen LogP contribution in [0.25, 0.3) is 10.9 Å². The molecule has 1 saturated heterocycles. The molecule has 0 aliphatic carbocycles. The lowest BCUT2D eigenvalue weighted by Gasteiger charge is -2.39. The van der Waals surface area contributed by atoms with Crippen LogP contribution in [-0.2, 0) is 0 Å². The average Bonchev–Trinajstić information content (AvgIpc) is 2.97. The molecule has 5 nitrogen and oxygen atoms in total. The summed E-state index contributed by atoms with van der Waals surface area (Å²) in [4.78, 5) is 14.9. The molecule has 5 heteroatoms. The normalized spacial score (nSPS) is 22.2. The van der Waals surface area contributed by atoms with Crippen molar-refractivity contribution >= 4 is 16.8 Å². The van der Waals surface area contributed by atoms with Crippen molar-refractivity contribution in [3.63, 3.8) is 0 Å². The molecule has 0 radical (unpaired) electrons. The molecule has 1 aliphatic heterocycles. The molecule has 1 aliphatic rings. The molecule has 118 valence electrons. The molecule has 2 N–H and O–H groups in total. The Kier molecular flexibility index (Phi) is 4.43. The molecular weight excluding hydrogens is 278 g/mol. The summed E-state index contributed by atoms with van der Waals surface area (Å²) in [5.41, 5.74) is 6.38. The highest BCUT2D eigenvalue weighted by atomic mass is 16.5. The molecular formula is C17H23N3O2. The standard InChI is InChI=1S/C17H23N3O2/c1-12-6-5-11-20(15(12)9-4-10-18)17(21)16-13-7-2-3-8-14(13)19-22-16/h2-3,7-8,12,15H,4-6,9-11,18H2,1H3/t12-,15-/m1/s1. The highest BCUT2D eigenvalue weighted by Crippen LogP contribution is 2.29. The van der Waals surface area contributed by atoms with Crippen molar-refractivity contribution in [2.24, 2.45) is 11.7 Å². The number of fused-ring (bicyclic) bond motifs is 1. The first-order valence-electron chi connectivity index (χ1n) is 8.08. The van der Waals surface area contributed by atoms with Gasteiger partial charge in [-0.25, -0.2) is 0 Å². The van der Waals surface area contributed by atoms with Crippen molar-refractivity contribution in [3.8, 4) is 0 Å². The maximum atomic E-state index is 13.0. The number of likely N-dealkylation sites (tertiary alicyclic amines) is 1.